The second-order valence-electron chi connectivity index (χ2n) is 9.25. The van der Waals surface area contributed by atoms with Gasteiger partial charge in [0, 0.05) is 43.0 Å². The van der Waals surface area contributed by atoms with Crippen LogP contribution < -0.4 is 21.7 Å². The Morgan fingerprint density at radius 1 is 0.842 bits per heavy atom. The Morgan fingerprint density at radius 2 is 1.37 bits per heavy atom. The SMILES string of the molecule is CC(C)CC(NC(=O)C(CCC(=O)O)NC(=O)C(N)Cc1cnc[nH]1)C(=O)NC(Cc1cnc[nH]1)C(=O)O. The Kier molecular flexibility index (Phi) is 11.4. The number of rotatable bonds is 16. The molecule has 2 rings (SSSR count). The summed E-state index contributed by atoms with van der Waals surface area (Å²) < 4.78 is 0. The molecule has 0 aliphatic heterocycles. The number of nitrogens with one attached hydrogen (secondary N) is 5. The maximum absolute atomic E-state index is 13.1. The van der Waals surface area contributed by atoms with Gasteiger partial charge in [-0.3, -0.25) is 19.2 Å². The number of imidazole rings is 2. The van der Waals surface area contributed by atoms with Crippen molar-refractivity contribution in [1.82, 2.24) is 35.9 Å². The van der Waals surface area contributed by atoms with E-state index >= 15 is 0 Å². The molecule has 0 saturated carbocycles. The van der Waals surface area contributed by atoms with E-state index in [9.17, 15) is 29.1 Å². The molecule has 0 aromatic carbocycles. The second-order valence-corrected chi connectivity index (χ2v) is 9.25. The lowest BCUT2D eigenvalue weighted by molar-refractivity contribution is -0.142. The van der Waals surface area contributed by atoms with Crippen LogP contribution in [0.5, 0.6) is 0 Å². The highest BCUT2D eigenvalue weighted by Crippen LogP contribution is 2.09. The van der Waals surface area contributed by atoms with E-state index in [2.05, 4.69) is 35.9 Å². The number of aromatic nitrogens is 4. The first-order valence-electron chi connectivity index (χ1n) is 12.0. The number of carbonyl (C=O) groups is 5. The van der Waals surface area contributed by atoms with Crippen LogP contribution in [0.1, 0.15) is 44.5 Å². The van der Waals surface area contributed by atoms with Crippen LogP contribution in [0.3, 0.4) is 0 Å². The molecule has 9 N–H and O–H groups in total. The summed E-state index contributed by atoms with van der Waals surface area (Å²) in [7, 11) is 0. The third-order valence-corrected chi connectivity index (χ3v) is 5.54. The summed E-state index contributed by atoms with van der Waals surface area (Å²) in [6, 6.07) is -4.79. The van der Waals surface area contributed by atoms with Crippen molar-refractivity contribution in [3.05, 3.63) is 36.4 Å². The summed E-state index contributed by atoms with van der Waals surface area (Å²) in [5.74, 6) is -4.76. The number of carboxylic acids is 2. The van der Waals surface area contributed by atoms with Gasteiger partial charge in [-0.2, -0.15) is 0 Å². The van der Waals surface area contributed by atoms with Gasteiger partial charge in [0.2, 0.25) is 17.7 Å². The zero-order valence-corrected chi connectivity index (χ0v) is 21.1. The van der Waals surface area contributed by atoms with Gasteiger partial charge in [-0.15, -0.1) is 0 Å². The third kappa shape index (κ3) is 10.0. The molecule has 2 heterocycles. The van der Waals surface area contributed by atoms with Gasteiger partial charge in [0.25, 0.3) is 0 Å². The molecule has 15 heteroatoms. The summed E-state index contributed by atoms with van der Waals surface area (Å²) >= 11 is 0. The first kappa shape index (κ1) is 30.0. The molecule has 0 saturated heterocycles. The molecule has 0 radical (unpaired) electrons. The van der Waals surface area contributed by atoms with E-state index in [1.54, 1.807) is 0 Å². The monoisotopic (exact) mass is 534 g/mol. The number of H-pyrrole nitrogens is 2. The first-order valence-corrected chi connectivity index (χ1v) is 12.0. The Balaban J connectivity index is 2.12. The Morgan fingerprint density at radius 3 is 1.87 bits per heavy atom. The first-order chi connectivity index (χ1) is 18.0. The third-order valence-electron chi connectivity index (χ3n) is 5.54. The van der Waals surface area contributed by atoms with Gasteiger partial charge >= 0.3 is 11.9 Å². The van der Waals surface area contributed by atoms with E-state index in [0.717, 1.165) is 0 Å². The number of aromatic amines is 2. The highest BCUT2D eigenvalue weighted by atomic mass is 16.4. The van der Waals surface area contributed by atoms with Gasteiger partial charge in [0.1, 0.15) is 18.1 Å². The van der Waals surface area contributed by atoms with E-state index in [1.807, 2.05) is 13.8 Å². The van der Waals surface area contributed by atoms with E-state index in [4.69, 9.17) is 10.8 Å². The molecule has 38 heavy (non-hydrogen) atoms. The van der Waals surface area contributed by atoms with Gasteiger partial charge in [-0.25, -0.2) is 14.8 Å². The number of carbonyl (C=O) groups excluding carboxylic acids is 3. The van der Waals surface area contributed by atoms with Gasteiger partial charge in [0.05, 0.1) is 18.7 Å². The van der Waals surface area contributed by atoms with Crippen LogP contribution in [0.25, 0.3) is 0 Å². The molecule has 0 spiro atoms. The van der Waals surface area contributed by atoms with Crippen molar-refractivity contribution in [3.63, 3.8) is 0 Å². The van der Waals surface area contributed by atoms with Crippen LogP contribution >= 0.6 is 0 Å². The highest BCUT2D eigenvalue weighted by Gasteiger charge is 2.31. The number of nitrogens with two attached hydrogens (primary N) is 1. The van der Waals surface area contributed by atoms with Crippen LogP contribution in [-0.4, -0.2) is 84.0 Å². The zero-order valence-electron chi connectivity index (χ0n) is 21.1. The fraction of sp³-hybridized carbons (Fsp3) is 0.522. The van der Waals surface area contributed by atoms with Crippen molar-refractivity contribution in [3.8, 4) is 0 Å². The number of amides is 3. The zero-order chi connectivity index (χ0) is 28.2. The number of hydrogen-bond acceptors (Lipinski definition) is 8. The molecule has 0 fully saturated rings. The normalized spacial score (nSPS) is 14.2. The summed E-state index contributed by atoms with van der Waals surface area (Å²) in [5.41, 5.74) is 7.02. The number of hydrogen-bond donors (Lipinski definition) is 8. The van der Waals surface area contributed by atoms with Crippen molar-refractivity contribution in [1.29, 1.82) is 0 Å². The van der Waals surface area contributed by atoms with E-state index in [0.29, 0.717) is 11.4 Å². The lowest BCUT2D eigenvalue weighted by atomic mass is 10.0. The van der Waals surface area contributed by atoms with Crippen molar-refractivity contribution < 1.29 is 34.2 Å². The largest absolute Gasteiger partial charge is 0.481 e. The van der Waals surface area contributed by atoms with Crippen molar-refractivity contribution in [2.75, 3.05) is 0 Å². The standard InChI is InChI=1S/C23H34N8O7/c1-12(2)5-17(22(36)31-18(23(37)38)7-14-9-26-11-28-14)30-21(35)16(3-4-19(32)33)29-20(34)15(24)6-13-8-25-10-27-13/h8-12,15-18H,3-7,24H2,1-2H3,(H,25,27)(H,26,28)(H,29,34)(H,30,35)(H,31,36)(H,32,33)(H,37,38). The molecule has 0 bridgehead atoms. The minimum atomic E-state index is -1.30. The molecule has 0 aliphatic rings. The van der Waals surface area contributed by atoms with Gasteiger partial charge < -0.3 is 41.9 Å². The van der Waals surface area contributed by atoms with Crippen LogP contribution in [0.4, 0.5) is 0 Å². The predicted octanol–water partition coefficient (Wildman–Crippen LogP) is -1.30. The lowest BCUT2D eigenvalue weighted by Gasteiger charge is -2.26. The molecule has 3 amide bonds. The van der Waals surface area contributed by atoms with E-state index < -0.39 is 60.2 Å². The maximum atomic E-state index is 13.1. The number of nitrogens with zero attached hydrogens (tertiary/aromatic N) is 2. The van der Waals surface area contributed by atoms with Crippen molar-refractivity contribution >= 4 is 29.7 Å². The van der Waals surface area contributed by atoms with Gasteiger partial charge in [-0.1, -0.05) is 13.8 Å². The Bertz CT molecular complexity index is 1070. The molecule has 0 aliphatic carbocycles. The Hall–Kier alpha value is -4.27. The molecule has 4 unspecified atom stereocenters. The Labute approximate surface area is 218 Å². The van der Waals surface area contributed by atoms with Crippen LogP contribution in [0, 0.1) is 5.92 Å². The van der Waals surface area contributed by atoms with Crippen molar-refractivity contribution in [2.45, 2.75) is 70.1 Å². The molecular formula is C23H34N8O7. The van der Waals surface area contributed by atoms with E-state index in [1.165, 1.54) is 25.0 Å². The summed E-state index contributed by atoms with van der Waals surface area (Å²) in [6.45, 7) is 3.62. The molecule has 208 valence electrons. The van der Waals surface area contributed by atoms with Crippen LogP contribution in [0.2, 0.25) is 0 Å². The van der Waals surface area contributed by atoms with Crippen LogP contribution in [0.15, 0.2) is 25.0 Å². The quantitative estimate of drug-likeness (QED) is 0.126. The minimum Gasteiger partial charge on any atom is -0.481 e. The molecule has 2 aromatic rings. The molecule has 15 nitrogen and oxygen atoms in total. The molecular weight excluding hydrogens is 500 g/mol. The number of aliphatic carboxylic acids is 2. The molecule has 4 atom stereocenters. The van der Waals surface area contributed by atoms with Crippen LogP contribution in [-0.2, 0) is 36.8 Å². The lowest BCUT2D eigenvalue weighted by Crippen LogP contribution is -2.57. The average molecular weight is 535 g/mol. The average Bonchev–Trinajstić information content (AvgIpc) is 3.54. The van der Waals surface area contributed by atoms with Gasteiger partial charge in [-0.05, 0) is 18.8 Å². The van der Waals surface area contributed by atoms with Gasteiger partial charge in [0.15, 0.2) is 0 Å². The second kappa shape index (κ2) is 14.5. The fourth-order valence-corrected chi connectivity index (χ4v) is 3.61. The minimum absolute atomic E-state index is 0.0606. The summed E-state index contributed by atoms with van der Waals surface area (Å²) in [6.07, 6.45) is 5.25. The fourth-order valence-electron chi connectivity index (χ4n) is 3.61. The predicted molar refractivity (Wildman–Crippen MR) is 132 cm³/mol. The maximum Gasteiger partial charge on any atom is 0.326 e. The topological polar surface area (TPSA) is 245 Å². The number of carboxylic acid groups (broad SMARTS) is 2. The molecule has 2 aromatic heterocycles. The van der Waals surface area contributed by atoms with Crippen molar-refractivity contribution in [2.24, 2.45) is 11.7 Å². The highest BCUT2D eigenvalue weighted by molar-refractivity contribution is 5.94. The summed E-state index contributed by atoms with van der Waals surface area (Å²) in [5, 5.41) is 26.1. The smallest absolute Gasteiger partial charge is 0.326 e. The summed E-state index contributed by atoms with van der Waals surface area (Å²) in [4.78, 5) is 74.9. The van der Waals surface area contributed by atoms with E-state index in [-0.39, 0.29) is 31.6 Å².